The molecule has 4 aromatic rings. The Bertz CT molecular complexity index is 1580. The zero-order valence-electron chi connectivity index (χ0n) is 23.8. The topological polar surface area (TPSA) is 36.3 Å². The van der Waals surface area contributed by atoms with Gasteiger partial charge in [0, 0.05) is 40.8 Å². The monoisotopic (exact) mass is 647 g/mol. The van der Waals surface area contributed by atoms with E-state index in [-0.39, 0.29) is 12.1 Å². The van der Waals surface area contributed by atoms with Gasteiger partial charge in [-0.15, -0.1) is 0 Å². The van der Waals surface area contributed by atoms with Crippen LogP contribution in [0.3, 0.4) is 0 Å². The van der Waals surface area contributed by atoms with E-state index in [1.165, 1.54) is 12.0 Å². The third kappa shape index (κ3) is 5.28. The van der Waals surface area contributed by atoms with Crippen molar-refractivity contribution in [1.29, 1.82) is 0 Å². The van der Waals surface area contributed by atoms with Gasteiger partial charge >= 0.3 is 0 Å². The molecule has 2 aromatic carbocycles. The molecule has 0 bridgehead atoms. The first-order valence-electron chi connectivity index (χ1n) is 14.2. The van der Waals surface area contributed by atoms with Crippen LogP contribution in [0.4, 0.5) is 11.4 Å². The van der Waals surface area contributed by atoms with Gasteiger partial charge in [-0.25, -0.2) is 0 Å². The molecule has 5 nitrogen and oxygen atoms in total. The van der Waals surface area contributed by atoms with Crippen LogP contribution >= 0.6 is 39.7 Å². The molecule has 2 saturated heterocycles. The van der Waals surface area contributed by atoms with Crippen LogP contribution in [0.1, 0.15) is 55.0 Å². The standard InChI is InChI=1S/C33H35BrClN5S/c1-20-15-21(2)19-38(18-20)30-13-12-24(17-27(30)35)40-32(31(37-33(40)41)28-10-7-8-14-36-28)25-16-22(3)39(23(25)4)29-11-6-5-9-26(29)34/h5-14,16-17,20-21,31-32H,15,18-19H2,1-4H3,(H,37,41)/t20-,21+,31-,32-/m0/s1. The van der Waals surface area contributed by atoms with Crippen LogP contribution in [-0.2, 0) is 0 Å². The van der Waals surface area contributed by atoms with Crippen molar-refractivity contribution in [2.75, 3.05) is 22.9 Å². The van der Waals surface area contributed by atoms with Crippen LogP contribution in [0.15, 0.2) is 77.4 Å². The number of halogens is 2. The summed E-state index contributed by atoms with van der Waals surface area (Å²) in [5, 5.41) is 5.03. The Morgan fingerprint density at radius 2 is 1.68 bits per heavy atom. The smallest absolute Gasteiger partial charge is 0.174 e. The molecule has 1 N–H and O–H groups in total. The third-order valence-electron chi connectivity index (χ3n) is 8.40. The average molecular weight is 649 g/mol. The summed E-state index contributed by atoms with van der Waals surface area (Å²) in [4.78, 5) is 9.40. The number of aromatic nitrogens is 2. The van der Waals surface area contributed by atoms with E-state index in [2.05, 4.69) is 112 Å². The van der Waals surface area contributed by atoms with Gasteiger partial charge in [-0.2, -0.15) is 0 Å². The van der Waals surface area contributed by atoms with Gasteiger partial charge in [0.1, 0.15) is 0 Å². The Morgan fingerprint density at radius 1 is 0.951 bits per heavy atom. The minimum Gasteiger partial charge on any atom is -0.370 e. The number of pyridine rings is 1. The van der Waals surface area contributed by atoms with E-state index in [0.717, 1.165) is 56.7 Å². The lowest BCUT2D eigenvalue weighted by Gasteiger charge is -2.37. The molecule has 6 rings (SSSR count). The molecule has 0 radical (unpaired) electrons. The quantitative estimate of drug-likeness (QED) is 0.220. The second-order valence-electron chi connectivity index (χ2n) is 11.6. The Morgan fingerprint density at radius 3 is 2.37 bits per heavy atom. The fraction of sp³-hybridized carbons (Fsp3) is 0.333. The van der Waals surface area contributed by atoms with Crippen molar-refractivity contribution in [3.8, 4) is 5.69 Å². The summed E-state index contributed by atoms with van der Waals surface area (Å²) >= 11 is 16.8. The normalized spacial score (nSPS) is 22.7. The number of benzene rings is 2. The average Bonchev–Trinajstić information content (AvgIpc) is 3.43. The van der Waals surface area contributed by atoms with Gasteiger partial charge < -0.3 is 19.7 Å². The molecule has 41 heavy (non-hydrogen) atoms. The van der Waals surface area contributed by atoms with Crippen LogP contribution in [0.25, 0.3) is 5.69 Å². The largest absolute Gasteiger partial charge is 0.370 e. The summed E-state index contributed by atoms with van der Waals surface area (Å²) in [7, 11) is 0. The van der Waals surface area contributed by atoms with Crippen molar-refractivity contribution >= 4 is 56.2 Å². The number of nitrogens with one attached hydrogen (secondary N) is 1. The fourth-order valence-electron chi connectivity index (χ4n) is 6.80. The molecule has 4 heterocycles. The number of piperidine rings is 1. The number of nitrogens with zero attached hydrogens (tertiary/aromatic N) is 4. The first-order chi connectivity index (χ1) is 19.7. The predicted octanol–water partition coefficient (Wildman–Crippen LogP) is 8.56. The molecule has 4 atom stereocenters. The summed E-state index contributed by atoms with van der Waals surface area (Å²) in [5.41, 5.74) is 7.65. The molecule has 2 fully saturated rings. The zero-order valence-corrected chi connectivity index (χ0v) is 27.0. The van der Waals surface area contributed by atoms with Crippen molar-refractivity contribution in [2.24, 2.45) is 11.8 Å². The van der Waals surface area contributed by atoms with Gasteiger partial charge in [-0.3, -0.25) is 4.98 Å². The fourth-order valence-corrected chi connectivity index (χ4v) is 7.90. The van der Waals surface area contributed by atoms with Gasteiger partial charge in [0.05, 0.1) is 34.2 Å². The molecule has 0 amide bonds. The SMILES string of the molecule is Cc1cc([C@H]2[C@H](c3ccccn3)NC(=S)N2c2ccc(N3C[C@H](C)C[C@H](C)C3)c(Cl)c2)c(C)n1-c1ccccc1Br. The van der Waals surface area contributed by atoms with E-state index < -0.39 is 0 Å². The maximum absolute atomic E-state index is 7.04. The summed E-state index contributed by atoms with van der Waals surface area (Å²) in [6.45, 7) is 11.0. The minimum absolute atomic E-state index is 0.114. The van der Waals surface area contributed by atoms with E-state index in [9.17, 15) is 0 Å². The van der Waals surface area contributed by atoms with Crippen molar-refractivity contribution in [2.45, 2.75) is 46.2 Å². The Kier molecular flexibility index (Phi) is 7.88. The van der Waals surface area contributed by atoms with Gasteiger partial charge in [0.25, 0.3) is 0 Å². The second-order valence-corrected chi connectivity index (χ2v) is 13.2. The first kappa shape index (κ1) is 28.3. The van der Waals surface area contributed by atoms with Crippen LogP contribution in [-0.4, -0.2) is 27.8 Å². The van der Waals surface area contributed by atoms with E-state index in [4.69, 9.17) is 28.8 Å². The van der Waals surface area contributed by atoms with Crippen LogP contribution in [0.2, 0.25) is 5.02 Å². The molecular formula is C33H35BrClN5S. The first-order valence-corrected chi connectivity index (χ1v) is 15.8. The summed E-state index contributed by atoms with van der Waals surface area (Å²) in [6.07, 6.45) is 3.10. The number of rotatable bonds is 5. The molecule has 0 spiro atoms. The highest BCUT2D eigenvalue weighted by molar-refractivity contribution is 9.10. The molecule has 212 valence electrons. The molecule has 0 saturated carbocycles. The van der Waals surface area contributed by atoms with Gasteiger partial charge in [-0.1, -0.05) is 43.6 Å². The molecule has 0 unspecified atom stereocenters. The Labute approximate surface area is 261 Å². The highest BCUT2D eigenvalue weighted by Gasteiger charge is 2.42. The maximum Gasteiger partial charge on any atom is 0.174 e. The zero-order chi connectivity index (χ0) is 28.8. The lowest BCUT2D eigenvalue weighted by molar-refractivity contribution is 0.357. The minimum atomic E-state index is -0.126. The van der Waals surface area contributed by atoms with Gasteiger partial charge in [0.15, 0.2) is 5.11 Å². The highest BCUT2D eigenvalue weighted by atomic mass is 79.9. The molecule has 8 heteroatoms. The highest BCUT2D eigenvalue weighted by Crippen LogP contribution is 2.45. The molecule has 0 aliphatic carbocycles. The molecule has 2 aromatic heterocycles. The Balaban J connectivity index is 1.45. The van der Waals surface area contributed by atoms with E-state index >= 15 is 0 Å². The third-order valence-corrected chi connectivity index (χ3v) is 9.69. The van der Waals surface area contributed by atoms with Crippen molar-refractivity contribution in [3.63, 3.8) is 0 Å². The van der Waals surface area contributed by atoms with Crippen LogP contribution in [0, 0.1) is 25.7 Å². The molecule has 2 aliphatic heterocycles. The van der Waals surface area contributed by atoms with Gasteiger partial charge in [-0.05, 0) is 114 Å². The lowest BCUT2D eigenvalue weighted by Crippen LogP contribution is -2.38. The summed E-state index contributed by atoms with van der Waals surface area (Å²) in [6, 6.07) is 22.8. The van der Waals surface area contributed by atoms with Crippen LogP contribution < -0.4 is 15.1 Å². The van der Waals surface area contributed by atoms with E-state index in [0.29, 0.717) is 16.9 Å². The summed E-state index contributed by atoms with van der Waals surface area (Å²) in [5.74, 6) is 1.29. The van der Waals surface area contributed by atoms with Gasteiger partial charge in [0.2, 0.25) is 0 Å². The number of hydrogen-bond donors (Lipinski definition) is 1. The number of anilines is 2. The van der Waals surface area contributed by atoms with Crippen LogP contribution in [0.5, 0.6) is 0 Å². The van der Waals surface area contributed by atoms with E-state index in [1.807, 2.05) is 24.4 Å². The molecular weight excluding hydrogens is 614 g/mol. The van der Waals surface area contributed by atoms with E-state index in [1.54, 1.807) is 0 Å². The molecule has 2 aliphatic rings. The second kappa shape index (κ2) is 11.4. The Hall–Kier alpha value is -2.87. The lowest BCUT2D eigenvalue weighted by atomic mass is 9.91. The van der Waals surface area contributed by atoms with Crippen molar-refractivity contribution in [3.05, 3.63) is 105 Å². The number of para-hydroxylation sites is 1. The van der Waals surface area contributed by atoms with Crippen molar-refractivity contribution < 1.29 is 0 Å². The maximum atomic E-state index is 7.04. The number of thiocarbonyl (C=S) groups is 1. The van der Waals surface area contributed by atoms with Crippen molar-refractivity contribution in [1.82, 2.24) is 14.9 Å². The predicted molar refractivity (Wildman–Crippen MR) is 177 cm³/mol. The number of hydrogen-bond acceptors (Lipinski definition) is 3. The summed E-state index contributed by atoms with van der Waals surface area (Å²) < 4.78 is 3.36. The number of aryl methyl sites for hydroxylation is 1.